The summed E-state index contributed by atoms with van der Waals surface area (Å²) in [6.07, 6.45) is 5.01. The zero-order chi connectivity index (χ0) is 14.5. The lowest BCUT2D eigenvalue weighted by Gasteiger charge is -2.17. The molecule has 2 aromatic rings. The SMILES string of the molecule is CC(C)C(C)NC(=O)Nc1cnn(-c2ccccn2)c1. The van der Waals surface area contributed by atoms with Crippen LogP contribution in [0.4, 0.5) is 10.5 Å². The number of carbonyl (C=O) groups excluding carboxylic acids is 1. The molecule has 0 aliphatic rings. The van der Waals surface area contributed by atoms with Crippen molar-refractivity contribution in [1.29, 1.82) is 0 Å². The van der Waals surface area contributed by atoms with Crippen molar-refractivity contribution in [2.75, 3.05) is 5.32 Å². The summed E-state index contributed by atoms with van der Waals surface area (Å²) in [5.74, 6) is 1.09. The summed E-state index contributed by atoms with van der Waals surface area (Å²) < 4.78 is 1.61. The largest absolute Gasteiger partial charge is 0.335 e. The second kappa shape index (κ2) is 6.18. The summed E-state index contributed by atoms with van der Waals surface area (Å²) in [4.78, 5) is 16.0. The molecule has 0 saturated heterocycles. The summed E-state index contributed by atoms with van der Waals surface area (Å²) in [6.45, 7) is 6.09. The van der Waals surface area contributed by atoms with E-state index in [0.717, 1.165) is 0 Å². The fourth-order valence-electron chi connectivity index (χ4n) is 1.54. The third-order valence-corrected chi connectivity index (χ3v) is 3.08. The Bertz CT molecular complexity index is 564. The highest BCUT2D eigenvalue weighted by molar-refractivity contribution is 5.89. The fourth-order valence-corrected chi connectivity index (χ4v) is 1.54. The summed E-state index contributed by atoms with van der Waals surface area (Å²) in [7, 11) is 0. The first-order valence-electron chi connectivity index (χ1n) is 6.60. The van der Waals surface area contributed by atoms with Crippen LogP contribution in [0.2, 0.25) is 0 Å². The van der Waals surface area contributed by atoms with E-state index in [-0.39, 0.29) is 12.1 Å². The number of nitrogens with one attached hydrogen (secondary N) is 2. The van der Waals surface area contributed by atoms with Crippen molar-refractivity contribution >= 4 is 11.7 Å². The minimum atomic E-state index is -0.230. The number of rotatable bonds is 4. The van der Waals surface area contributed by atoms with Gasteiger partial charge < -0.3 is 10.6 Å². The molecule has 2 aromatic heterocycles. The van der Waals surface area contributed by atoms with Gasteiger partial charge in [0.05, 0.1) is 18.1 Å². The molecule has 1 atom stereocenters. The van der Waals surface area contributed by atoms with Gasteiger partial charge >= 0.3 is 6.03 Å². The normalized spacial score (nSPS) is 12.2. The van der Waals surface area contributed by atoms with Gasteiger partial charge in [-0.1, -0.05) is 19.9 Å². The molecule has 0 spiro atoms. The summed E-state index contributed by atoms with van der Waals surface area (Å²) in [5.41, 5.74) is 0.629. The zero-order valence-corrected chi connectivity index (χ0v) is 11.9. The Morgan fingerprint density at radius 3 is 2.75 bits per heavy atom. The molecule has 0 aromatic carbocycles. The third kappa shape index (κ3) is 3.57. The van der Waals surface area contributed by atoms with Gasteiger partial charge in [0.15, 0.2) is 5.82 Å². The Kier molecular flexibility index (Phi) is 4.34. The predicted octanol–water partition coefficient (Wildman–Crippen LogP) is 2.43. The maximum atomic E-state index is 11.8. The standard InChI is InChI=1S/C14H19N5O/c1-10(2)11(3)17-14(20)18-12-8-16-19(9-12)13-6-4-5-7-15-13/h4-11H,1-3H3,(H2,17,18,20). The minimum Gasteiger partial charge on any atom is -0.335 e. The second-order valence-corrected chi connectivity index (χ2v) is 4.99. The van der Waals surface area contributed by atoms with Crippen molar-refractivity contribution < 1.29 is 4.79 Å². The highest BCUT2D eigenvalue weighted by Gasteiger charge is 2.11. The topological polar surface area (TPSA) is 71.8 Å². The van der Waals surface area contributed by atoms with E-state index in [0.29, 0.717) is 17.4 Å². The predicted molar refractivity (Wildman–Crippen MR) is 77.8 cm³/mol. The molecule has 106 valence electrons. The number of nitrogens with zero attached hydrogens (tertiary/aromatic N) is 3. The Balaban J connectivity index is 1.98. The minimum absolute atomic E-state index is 0.112. The molecule has 2 N–H and O–H groups in total. The molecule has 0 aliphatic carbocycles. The third-order valence-electron chi connectivity index (χ3n) is 3.08. The molecule has 20 heavy (non-hydrogen) atoms. The fraction of sp³-hybridized carbons (Fsp3) is 0.357. The van der Waals surface area contributed by atoms with Gasteiger partial charge in [0.25, 0.3) is 0 Å². The van der Waals surface area contributed by atoms with Gasteiger partial charge in [-0.25, -0.2) is 14.5 Å². The van der Waals surface area contributed by atoms with E-state index in [9.17, 15) is 4.79 Å². The molecule has 1 unspecified atom stereocenters. The first-order chi connectivity index (χ1) is 9.56. The molecule has 0 fully saturated rings. The molecule has 0 radical (unpaired) electrons. The molecule has 6 nitrogen and oxygen atoms in total. The van der Waals surface area contributed by atoms with Crippen molar-refractivity contribution in [1.82, 2.24) is 20.1 Å². The Labute approximate surface area is 118 Å². The first-order valence-corrected chi connectivity index (χ1v) is 6.60. The lowest BCUT2D eigenvalue weighted by Crippen LogP contribution is -2.38. The van der Waals surface area contributed by atoms with E-state index < -0.39 is 0 Å². The van der Waals surface area contributed by atoms with E-state index >= 15 is 0 Å². The van der Waals surface area contributed by atoms with E-state index in [4.69, 9.17) is 0 Å². The van der Waals surface area contributed by atoms with Crippen molar-refractivity contribution in [3.8, 4) is 5.82 Å². The van der Waals surface area contributed by atoms with Gasteiger partial charge in [-0.2, -0.15) is 5.10 Å². The van der Waals surface area contributed by atoms with Crippen LogP contribution in [0.5, 0.6) is 0 Å². The van der Waals surface area contributed by atoms with Crippen molar-refractivity contribution in [2.45, 2.75) is 26.8 Å². The number of hydrogen-bond donors (Lipinski definition) is 2. The van der Waals surface area contributed by atoms with E-state index in [1.165, 1.54) is 0 Å². The average Bonchev–Trinajstić information content (AvgIpc) is 2.88. The van der Waals surface area contributed by atoms with Gasteiger partial charge in [-0.15, -0.1) is 0 Å². The molecule has 2 amide bonds. The van der Waals surface area contributed by atoms with Crippen LogP contribution in [0, 0.1) is 5.92 Å². The molecular weight excluding hydrogens is 254 g/mol. The Hall–Kier alpha value is -2.37. The first kappa shape index (κ1) is 14.0. The number of pyridine rings is 1. The van der Waals surface area contributed by atoms with E-state index in [2.05, 4.69) is 34.6 Å². The van der Waals surface area contributed by atoms with Crippen molar-refractivity contribution in [2.24, 2.45) is 5.92 Å². The van der Waals surface area contributed by atoms with Crippen molar-refractivity contribution in [3.05, 3.63) is 36.8 Å². The van der Waals surface area contributed by atoms with Crippen molar-refractivity contribution in [3.63, 3.8) is 0 Å². The van der Waals surface area contributed by atoms with Crippen LogP contribution in [0.15, 0.2) is 36.8 Å². The van der Waals surface area contributed by atoms with Crippen LogP contribution in [0.3, 0.4) is 0 Å². The molecule has 0 aliphatic heterocycles. The highest BCUT2D eigenvalue weighted by atomic mass is 16.2. The van der Waals surface area contributed by atoms with Gasteiger partial charge in [0.1, 0.15) is 0 Å². The molecule has 0 saturated carbocycles. The second-order valence-electron chi connectivity index (χ2n) is 4.99. The van der Waals surface area contributed by atoms with Crippen LogP contribution < -0.4 is 10.6 Å². The molecule has 0 bridgehead atoms. The Morgan fingerprint density at radius 2 is 2.10 bits per heavy atom. The number of urea groups is 1. The van der Waals surface area contributed by atoms with Crippen LogP contribution in [0.25, 0.3) is 5.82 Å². The monoisotopic (exact) mass is 273 g/mol. The number of hydrogen-bond acceptors (Lipinski definition) is 3. The number of aromatic nitrogens is 3. The lowest BCUT2D eigenvalue weighted by atomic mass is 10.1. The quantitative estimate of drug-likeness (QED) is 0.898. The summed E-state index contributed by atoms with van der Waals surface area (Å²) in [5, 5.41) is 9.80. The molecule has 2 rings (SSSR count). The van der Waals surface area contributed by atoms with Gasteiger partial charge in [0.2, 0.25) is 0 Å². The van der Waals surface area contributed by atoms with Crippen LogP contribution in [-0.4, -0.2) is 26.8 Å². The number of anilines is 1. The molecule has 6 heteroatoms. The molecular formula is C14H19N5O. The maximum absolute atomic E-state index is 11.8. The van der Waals surface area contributed by atoms with Gasteiger partial charge in [-0.3, -0.25) is 0 Å². The number of amides is 2. The smallest absolute Gasteiger partial charge is 0.319 e. The van der Waals surface area contributed by atoms with E-state index in [1.54, 1.807) is 23.3 Å². The zero-order valence-electron chi connectivity index (χ0n) is 11.9. The lowest BCUT2D eigenvalue weighted by molar-refractivity contribution is 0.246. The summed E-state index contributed by atoms with van der Waals surface area (Å²) >= 11 is 0. The van der Waals surface area contributed by atoms with Crippen LogP contribution in [-0.2, 0) is 0 Å². The number of carbonyl (C=O) groups is 1. The van der Waals surface area contributed by atoms with E-state index in [1.807, 2.05) is 25.1 Å². The van der Waals surface area contributed by atoms with Gasteiger partial charge in [0, 0.05) is 12.2 Å². The van der Waals surface area contributed by atoms with Crippen LogP contribution >= 0.6 is 0 Å². The highest BCUT2D eigenvalue weighted by Crippen LogP contribution is 2.09. The van der Waals surface area contributed by atoms with Gasteiger partial charge in [-0.05, 0) is 25.0 Å². The summed E-state index contributed by atoms with van der Waals surface area (Å²) in [6, 6.07) is 5.45. The molecule has 2 heterocycles. The Morgan fingerprint density at radius 1 is 1.30 bits per heavy atom. The van der Waals surface area contributed by atoms with Crippen LogP contribution in [0.1, 0.15) is 20.8 Å². The average molecular weight is 273 g/mol. The maximum Gasteiger partial charge on any atom is 0.319 e.